The lowest BCUT2D eigenvalue weighted by atomic mass is 10.1. The molecule has 0 saturated carbocycles. The largest absolute Gasteiger partial charge is 0.339 e. The molecule has 1 fully saturated rings. The summed E-state index contributed by atoms with van der Waals surface area (Å²) in [7, 11) is 0. The summed E-state index contributed by atoms with van der Waals surface area (Å²) in [4.78, 5) is 9.70. The number of rotatable bonds is 2. The molecule has 0 amide bonds. The van der Waals surface area contributed by atoms with Crippen molar-refractivity contribution in [3.8, 4) is 0 Å². The lowest BCUT2D eigenvalue weighted by Crippen LogP contribution is -2.42. The average molecular weight is 225 g/mol. The molecule has 1 saturated heterocycles. The lowest BCUT2D eigenvalue weighted by molar-refractivity contribution is 0.366. The van der Waals surface area contributed by atoms with Gasteiger partial charge in [0.15, 0.2) is 5.96 Å². The summed E-state index contributed by atoms with van der Waals surface area (Å²) in [6, 6.07) is 1.06. The molecule has 0 bridgehead atoms. The van der Waals surface area contributed by atoms with Crippen molar-refractivity contribution >= 4 is 5.96 Å². The van der Waals surface area contributed by atoms with Crippen LogP contribution in [0.25, 0.3) is 0 Å². The van der Waals surface area contributed by atoms with Crippen LogP contribution in [0.2, 0.25) is 0 Å². The molecule has 3 nitrogen and oxygen atoms in total. The lowest BCUT2D eigenvalue weighted by Gasteiger charge is -2.30. The number of guanidine groups is 1. The van der Waals surface area contributed by atoms with Crippen molar-refractivity contribution in [2.75, 3.05) is 13.1 Å². The van der Waals surface area contributed by atoms with E-state index < -0.39 is 0 Å². The molecule has 0 radical (unpaired) electrons. The first-order chi connectivity index (χ1) is 7.22. The van der Waals surface area contributed by atoms with Crippen LogP contribution in [0.1, 0.15) is 48.5 Å². The van der Waals surface area contributed by atoms with Gasteiger partial charge in [-0.05, 0) is 48.5 Å². The van der Waals surface area contributed by atoms with Gasteiger partial charge < -0.3 is 9.80 Å². The molecule has 94 valence electrons. The molecule has 0 aromatic heterocycles. The first-order valence-electron chi connectivity index (χ1n) is 6.35. The number of hydrogen-bond donors (Lipinski definition) is 0. The molecule has 1 rings (SSSR count). The molecule has 0 aromatic carbocycles. The standard InChI is InChI=1S/C13H27N3/c1-10(2)15-8-9-16(11(3)4)12(15)14-13(5,6)7/h10-11H,8-9H2,1-7H3. The molecule has 0 aliphatic carbocycles. The maximum atomic E-state index is 4.88. The SMILES string of the molecule is CC(C)N1CCN(C(C)C)C1=NC(C)(C)C. The topological polar surface area (TPSA) is 18.8 Å². The summed E-state index contributed by atoms with van der Waals surface area (Å²) >= 11 is 0. The van der Waals surface area contributed by atoms with Gasteiger partial charge in [-0.15, -0.1) is 0 Å². The molecule has 0 N–H and O–H groups in total. The van der Waals surface area contributed by atoms with Gasteiger partial charge in [-0.2, -0.15) is 0 Å². The van der Waals surface area contributed by atoms with Gasteiger partial charge in [0, 0.05) is 25.2 Å². The third-order valence-electron chi connectivity index (χ3n) is 2.78. The summed E-state index contributed by atoms with van der Waals surface area (Å²) < 4.78 is 0. The summed E-state index contributed by atoms with van der Waals surface area (Å²) in [6.07, 6.45) is 0. The highest BCUT2D eigenvalue weighted by atomic mass is 15.5. The highest BCUT2D eigenvalue weighted by Crippen LogP contribution is 2.19. The molecule has 3 heteroatoms. The van der Waals surface area contributed by atoms with Crippen LogP contribution < -0.4 is 0 Å². The number of nitrogens with zero attached hydrogens (tertiary/aromatic N) is 3. The fourth-order valence-corrected chi connectivity index (χ4v) is 1.99. The summed E-state index contributed by atoms with van der Waals surface area (Å²) in [5.41, 5.74) is -0.0000463. The molecule has 1 heterocycles. The highest BCUT2D eigenvalue weighted by molar-refractivity contribution is 5.83. The van der Waals surface area contributed by atoms with Crippen molar-refractivity contribution in [1.82, 2.24) is 9.80 Å². The first kappa shape index (κ1) is 13.3. The van der Waals surface area contributed by atoms with Gasteiger partial charge in [-0.1, -0.05) is 0 Å². The van der Waals surface area contributed by atoms with Crippen LogP contribution in [0.4, 0.5) is 0 Å². The van der Waals surface area contributed by atoms with E-state index in [9.17, 15) is 0 Å². The quantitative estimate of drug-likeness (QED) is 0.719. The van der Waals surface area contributed by atoms with Gasteiger partial charge in [0.2, 0.25) is 0 Å². The Bertz CT molecular complexity index is 243. The average Bonchev–Trinajstić information content (AvgIpc) is 2.44. The Morgan fingerprint density at radius 1 is 0.938 bits per heavy atom. The minimum atomic E-state index is -0.0000463. The van der Waals surface area contributed by atoms with Crippen LogP contribution >= 0.6 is 0 Å². The molecule has 0 atom stereocenters. The summed E-state index contributed by atoms with van der Waals surface area (Å²) in [5.74, 6) is 1.18. The Hall–Kier alpha value is -0.730. The monoisotopic (exact) mass is 225 g/mol. The van der Waals surface area contributed by atoms with Crippen molar-refractivity contribution in [3.05, 3.63) is 0 Å². The van der Waals surface area contributed by atoms with Gasteiger partial charge in [-0.25, -0.2) is 4.99 Å². The zero-order chi connectivity index (χ0) is 12.5. The second kappa shape index (κ2) is 4.64. The Labute approximate surface area is 101 Å². The Morgan fingerprint density at radius 3 is 1.56 bits per heavy atom. The molecule has 1 aliphatic rings. The third-order valence-corrected chi connectivity index (χ3v) is 2.78. The predicted octanol–water partition coefficient (Wildman–Crippen LogP) is 2.58. The predicted molar refractivity (Wildman–Crippen MR) is 70.9 cm³/mol. The third kappa shape index (κ3) is 3.13. The minimum absolute atomic E-state index is 0.0000463. The molecule has 0 aromatic rings. The van der Waals surface area contributed by atoms with Crippen molar-refractivity contribution in [2.45, 2.75) is 66.1 Å². The van der Waals surface area contributed by atoms with Crippen molar-refractivity contribution < 1.29 is 0 Å². The van der Waals surface area contributed by atoms with Gasteiger partial charge in [0.05, 0.1) is 5.54 Å². The summed E-state index contributed by atoms with van der Waals surface area (Å²) in [5, 5.41) is 0. The van der Waals surface area contributed by atoms with E-state index in [1.807, 2.05) is 0 Å². The van der Waals surface area contributed by atoms with Crippen LogP contribution in [-0.2, 0) is 0 Å². The van der Waals surface area contributed by atoms with E-state index in [2.05, 4.69) is 58.3 Å². The van der Waals surface area contributed by atoms with Gasteiger partial charge in [0.25, 0.3) is 0 Å². The van der Waals surface area contributed by atoms with Crippen LogP contribution in [0, 0.1) is 0 Å². The molecular weight excluding hydrogens is 198 g/mol. The van der Waals surface area contributed by atoms with Crippen molar-refractivity contribution in [3.63, 3.8) is 0 Å². The Balaban J connectivity index is 2.98. The van der Waals surface area contributed by atoms with Gasteiger partial charge in [0.1, 0.15) is 0 Å². The second-order valence-electron chi connectivity index (χ2n) is 6.16. The van der Waals surface area contributed by atoms with Crippen LogP contribution in [0.3, 0.4) is 0 Å². The second-order valence-corrected chi connectivity index (χ2v) is 6.16. The number of aliphatic imine (C=N–C) groups is 1. The van der Waals surface area contributed by atoms with E-state index in [-0.39, 0.29) is 5.54 Å². The zero-order valence-electron chi connectivity index (χ0n) is 11.9. The Morgan fingerprint density at radius 2 is 1.31 bits per heavy atom. The summed E-state index contributed by atoms with van der Waals surface area (Å²) in [6.45, 7) is 17.6. The minimum Gasteiger partial charge on any atom is -0.339 e. The van der Waals surface area contributed by atoms with E-state index in [1.54, 1.807) is 0 Å². The fourth-order valence-electron chi connectivity index (χ4n) is 1.99. The van der Waals surface area contributed by atoms with E-state index >= 15 is 0 Å². The molecular formula is C13H27N3. The maximum absolute atomic E-state index is 4.88. The van der Waals surface area contributed by atoms with Gasteiger partial charge in [-0.3, -0.25) is 0 Å². The van der Waals surface area contributed by atoms with E-state index in [0.717, 1.165) is 13.1 Å². The first-order valence-corrected chi connectivity index (χ1v) is 6.35. The molecule has 0 spiro atoms. The Kier molecular flexibility index (Phi) is 3.87. The number of hydrogen-bond acceptors (Lipinski definition) is 1. The van der Waals surface area contributed by atoms with E-state index in [0.29, 0.717) is 12.1 Å². The highest BCUT2D eigenvalue weighted by Gasteiger charge is 2.31. The normalized spacial score (nSPS) is 17.9. The van der Waals surface area contributed by atoms with E-state index in [4.69, 9.17) is 4.99 Å². The van der Waals surface area contributed by atoms with E-state index in [1.165, 1.54) is 5.96 Å². The van der Waals surface area contributed by atoms with Crippen LogP contribution in [-0.4, -0.2) is 46.5 Å². The van der Waals surface area contributed by atoms with Crippen molar-refractivity contribution in [2.24, 2.45) is 4.99 Å². The molecule has 16 heavy (non-hydrogen) atoms. The molecule has 0 unspecified atom stereocenters. The maximum Gasteiger partial charge on any atom is 0.197 e. The van der Waals surface area contributed by atoms with Gasteiger partial charge >= 0.3 is 0 Å². The smallest absolute Gasteiger partial charge is 0.197 e. The van der Waals surface area contributed by atoms with Crippen LogP contribution in [0.5, 0.6) is 0 Å². The molecule has 1 aliphatic heterocycles. The van der Waals surface area contributed by atoms with Crippen LogP contribution in [0.15, 0.2) is 4.99 Å². The zero-order valence-corrected chi connectivity index (χ0v) is 11.9. The fraction of sp³-hybridized carbons (Fsp3) is 0.923. The van der Waals surface area contributed by atoms with Crippen molar-refractivity contribution in [1.29, 1.82) is 0 Å².